The van der Waals surface area contributed by atoms with E-state index in [-0.39, 0.29) is 6.61 Å². The highest BCUT2D eigenvalue weighted by Gasteiger charge is 2.28. The molecular weight excluding hydrogens is 224 g/mol. The second-order valence-electron chi connectivity index (χ2n) is 3.64. The molecule has 2 rings (SSSR count). The topological polar surface area (TPSA) is 90.7 Å². The van der Waals surface area contributed by atoms with Crippen molar-refractivity contribution in [2.75, 3.05) is 6.61 Å². The van der Waals surface area contributed by atoms with Gasteiger partial charge in [-0.25, -0.2) is 5.48 Å². The Morgan fingerprint density at radius 2 is 2.24 bits per heavy atom. The molecule has 0 bridgehead atoms. The van der Waals surface area contributed by atoms with Crippen LogP contribution in [-0.2, 0) is 20.8 Å². The zero-order valence-electron chi connectivity index (χ0n) is 9.01. The predicted molar refractivity (Wildman–Crippen MR) is 57.9 cm³/mol. The van der Waals surface area contributed by atoms with Crippen molar-refractivity contribution in [2.45, 2.75) is 12.5 Å². The quantitative estimate of drug-likeness (QED) is 0.691. The molecule has 0 fully saturated rings. The van der Waals surface area contributed by atoms with E-state index in [9.17, 15) is 9.59 Å². The smallest absolute Gasteiger partial charge is 0.284 e. The van der Waals surface area contributed by atoms with E-state index in [1.165, 1.54) is 0 Å². The Morgan fingerprint density at radius 3 is 2.94 bits per heavy atom. The van der Waals surface area contributed by atoms with Crippen LogP contribution in [0.1, 0.15) is 5.56 Å². The number of amides is 2. The Labute approximate surface area is 97.6 Å². The van der Waals surface area contributed by atoms with E-state index in [2.05, 4.69) is 10.3 Å². The van der Waals surface area contributed by atoms with Crippen LogP contribution in [0, 0.1) is 0 Å². The molecular formula is C11H12N2O4. The van der Waals surface area contributed by atoms with Crippen LogP contribution < -0.4 is 16.0 Å². The van der Waals surface area contributed by atoms with Gasteiger partial charge in [-0.15, -0.1) is 0 Å². The summed E-state index contributed by atoms with van der Waals surface area (Å²) in [6, 6.07) is 7.41. The maximum Gasteiger partial charge on any atom is 0.284 e. The number of hydrogen-bond acceptors (Lipinski definition) is 4. The number of fused-ring (bicyclic) bond motifs is 1. The molecule has 17 heavy (non-hydrogen) atoms. The van der Waals surface area contributed by atoms with Crippen molar-refractivity contribution in [1.29, 1.82) is 0 Å². The summed E-state index contributed by atoms with van der Waals surface area (Å²) in [4.78, 5) is 26.6. The molecule has 2 amide bonds. The minimum Gasteiger partial charge on any atom is -0.480 e. The molecule has 3 N–H and O–H groups in total. The average Bonchev–Trinajstić information content (AvgIpc) is 2.71. The van der Waals surface area contributed by atoms with Crippen molar-refractivity contribution in [3.8, 4) is 5.75 Å². The van der Waals surface area contributed by atoms with Gasteiger partial charge in [-0.1, -0.05) is 18.2 Å². The number of primary amides is 1. The van der Waals surface area contributed by atoms with Gasteiger partial charge in [0.1, 0.15) is 5.75 Å². The molecule has 1 heterocycles. The predicted octanol–water partition coefficient (Wildman–Crippen LogP) is -0.477. The summed E-state index contributed by atoms with van der Waals surface area (Å²) in [5, 5.41) is 0. The van der Waals surface area contributed by atoms with Crippen LogP contribution in [0.5, 0.6) is 5.75 Å². The van der Waals surface area contributed by atoms with Crippen LogP contribution in [0.4, 0.5) is 0 Å². The summed E-state index contributed by atoms with van der Waals surface area (Å²) >= 11 is 0. The number of hydroxylamine groups is 1. The van der Waals surface area contributed by atoms with Gasteiger partial charge in [-0.2, -0.15) is 0 Å². The number of para-hydroxylation sites is 1. The van der Waals surface area contributed by atoms with E-state index < -0.39 is 17.9 Å². The van der Waals surface area contributed by atoms with Crippen molar-refractivity contribution in [2.24, 2.45) is 5.73 Å². The first-order valence-electron chi connectivity index (χ1n) is 5.11. The molecule has 0 saturated heterocycles. The van der Waals surface area contributed by atoms with Gasteiger partial charge in [-0.05, 0) is 11.6 Å². The van der Waals surface area contributed by atoms with Crippen molar-refractivity contribution in [3.63, 3.8) is 0 Å². The van der Waals surface area contributed by atoms with E-state index in [0.717, 1.165) is 5.56 Å². The number of hydrogen-bond donors (Lipinski definition) is 2. The van der Waals surface area contributed by atoms with Gasteiger partial charge in [-0.3, -0.25) is 14.4 Å². The molecule has 0 aromatic heterocycles. The van der Waals surface area contributed by atoms with Crippen molar-refractivity contribution in [3.05, 3.63) is 29.8 Å². The fourth-order valence-corrected chi connectivity index (χ4v) is 1.57. The van der Waals surface area contributed by atoms with Crippen LogP contribution in [0.3, 0.4) is 0 Å². The monoisotopic (exact) mass is 236 g/mol. The average molecular weight is 236 g/mol. The molecule has 90 valence electrons. The van der Waals surface area contributed by atoms with E-state index in [4.69, 9.17) is 10.5 Å². The summed E-state index contributed by atoms with van der Waals surface area (Å²) < 4.78 is 5.42. The minimum atomic E-state index is -0.652. The van der Waals surface area contributed by atoms with Crippen LogP contribution in [0.2, 0.25) is 0 Å². The molecule has 1 unspecified atom stereocenters. The maximum atomic E-state index is 11.6. The maximum absolute atomic E-state index is 11.6. The van der Waals surface area contributed by atoms with Crippen LogP contribution >= 0.6 is 0 Å². The summed E-state index contributed by atoms with van der Waals surface area (Å²) in [5.74, 6) is -0.383. The second-order valence-corrected chi connectivity index (χ2v) is 3.64. The normalized spacial score (nSPS) is 17.1. The number of benzene rings is 1. The summed E-state index contributed by atoms with van der Waals surface area (Å²) in [6.45, 7) is -0.356. The van der Waals surface area contributed by atoms with Crippen LogP contribution in [0.25, 0.3) is 0 Å². The molecule has 1 aliphatic rings. The Hall–Kier alpha value is -2.08. The summed E-state index contributed by atoms with van der Waals surface area (Å²) in [6.07, 6.45) is -0.137. The summed E-state index contributed by atoms with van der Waals surface area (Å²) in [5.41, 5.74) is 7.96. The van der Waals surface area contributed by atoms with Crippen molar-refractivity contribution >= 4 is 11.8 Å². The number of nitrogens with one attached hydrogen (secondary N) is 1. The van der Waals surface area contributed by atoms with E-state index in [1.807, 2.05) is 18.2 Å². The van der Waals surface area contributed by atoms with Crippen molar-refractivity contribution in [1.82, 2.24) is 5.48 Å². The van der Waals surface area contributed by atoms with Crippen LogP contribution in [-0.4, -0.2) is 24.5 Å². The number of carbonyl (C=O) groups is 2. The third-order valence-electron chi connectivity index (χ3n) is 2.33. The molecule has 6 heteroatoms. The first-order valence-corrected chi connectivity index (χ1v) is 5.11. The van der Waals surface area contributed by atoms with Gasteiger partial charge in [0, 0.05) is 6.42 Å². The lowest BCUT2D eigenvalue weighted by Gasteiger charge is -2.10. The Balaban J connectivity index is 1.86. The van der Waals surface area contributed by atoms with Gasteiger partial charge in [0.05, 0.1) is 0 Å². The lowest BCUT2D eigenvalue weighted by Crippen LogP contribution is -2.39. The zero-order chi connectivity index (χ0) is 12.3. The van der Waals surface area contributed by atoms with Gasteiger partial charge >= 0.3 is 0 Å². The zero-order valence-corrected chi connectivity index (χ0v) is 9.01. The molecule has 0 saturated carbocycles. The Bertz CT molecular complexity index is 422. The van der Waals surface area contributed by atoms with Gasteiger partial charge < -0.3 is 10.5 Å². The Kier molecular flexibility index (Phi) is 3.24. The van der Waals surface area contributed by atoms with Gasteiger partial charge in [0.15, 0.2) is 12.7 Å². The van der Waals surface area contributed by atoms with Gasteiger partial charge in [0.2, 0.25) is 5.91 Å². The van der Waals surface area contributed by atoms with Crippen LogP contribution in [0.15, 0.2) is 24.3 Å². The number of carbonyl (C=O) groups excluding carboxylic acids is 2. The minimum absolute atomic E-state index is 0.356. The molecule has 1 atom stereocenters. The third-order valence-corrected chi connectivity index (χ3v) is 2.33. The second kappa shape index (κ2) is 4.84. The molecule has 6 nitrogen and oxygen atoms in total. The molecule has 0 spiro atoms. The number of nitrogens with two attached hydrogens (primary N) is 1. The number of ether oxygens (including phenoxy) is 1. The SMILES string of the molecule is NC(=O)CONC(=O)C1Cc2ccccc2O1. The molecule has 0 radical (unpaired) electrons. The van der Waals surface area contributed by atoms with Crippen molar-refractivity contribution < 1.29 is 19.2 Å². The standard InChI is InChI=1S/C11H12N2O4/c12-10(14)6-16-13-11(15)9-5-7-3-1-2-4-8(7)17-9/h1-4,9H,5-6H2,(H2,12,14)(H,13,15). The fourth-order valence-electron chi connectivity index (χ4n) is 1.57. The molecule has 1 aromatic rings. The first-order chi connectivity index (χ1) is 8.16. The highest BCUT2D eigenvalue weighted by atomic mass is 16.7. The summed E-state index contributed by atoms with van der Waals surface area (Å²) in [7, 11) is 0. The van der Waals surface area contributed by atoms with E-state index >= 15 is 0 Å². The molecule has 1 aliphatic heterocycles. The lowest BCUT2D eigenvalue weighted by molar-refractivity contribution is -0.143. The molecule has 1 aromatic carbocycles. The highest BCUT2D eigenvalue weighted by Crippen LogP contribution is 2.27. The van der Waals surface area contributed by atoms with E-state index in [0.29, 0.717) is 12.2 Å². The largest absolute Gasteiger partial charge is 0.480 e. The number of rotatable bonds is 4. The fraction of sp³-hybridized carbons (Fsp3) is 0.273. The third kappa shape index (κ3) is 2.73. The first kappa shape index (κ1) is 11.4. The lowest BCUT2D eigenvalue weighted by atomic mass is 10.1. The van der Waals surface area contributed by atoms with Gasteiger partial charge in [0.25, 0.3) is 5.91 Å². The molecule has 0 aliphatic carbocycles. The van der Waals surface area contributed by atoms with E-state index in [1.54, 1.807) is 6.07 Å². The highest BCUT2D eigenvalue weighted by molar-refractivity contribution is 5.82. The Morgan fingerprint density at radius 1 is 1.47 bits per heavy atom.